The van der Waals surface area contributed by atoms with E-state index in [1.165, 1.54) is 11.8 Å². The third-order valence-corrected chi connectivity index (χ3v) is 7.05. The number of benzene rings is 3. The van der Waals surface area contributed by atoms with Crippen LogP contribution in [0.1, 0.15) is 39.1 Å². The molecule has 3 aromatic rings. The number of carbonyl (C=O) groups is 3. The predicted octanol–water partition coefficient (Wildman–Crippen LogP) is 5.95. The molecule has 2 aliphatic heterocycles. The van der Waals surface area contributed by atoms with Gasteiger partial charge in [-0.1, -0.05) is 54.1 Å². The summed E-state index contributed by atoms with van der Waals surface area (Å²) in [6.07, 6.45) is 2.98. The highest BCUT2D eigenvalue weighted by atomic mass is 35.5. The van der Waals surface area contributed by atoms with Crippen LogP contribution in [-0.4, -0.2) is 46.0 Å². The van der Waals surface area contributed by atoms with Crippen molar-refractivity contribution in [2.45, 2.75) is 12.8 Å². The fraction of sp³-hybridized carbons (Fsp3) is 0.143. The minimum Gasteiger partial charge on any atom is -0.286 e. The van der Waals surface area contributed by atoms with Crippen molar-refractivity contribution in [1.29, 1.82) is 0 Å². The van der Waals surface area contributed by atoms with Gasteiger partial charge >= 0.3 is 0 Å². The van der Waals surface area contributed by atoms with Crippen LogP contribution in [0.15, 0.2) is 88.8 Å². The summed E-state index contributed by atoms with van der Waals surface area (Å²) in [5.41, 5.74) is 2.31. The molecule has 3 amide bonds. The summed E-state index contributed by atoms with van der Waals surface area (Å²) in [6, 6.07) is 23.4. The highest BCUT2D eigenvalue weighted by Gasteiger charge is 2.36. The predicted molar refractivity (Wildman–Crippen MR) is 144 cm³/mol. The van der Waals surface area contributed by atoms with Gasteiger partial charge in [0.05, 0.1) is 28.3 Å². The number of aliphatic imine (C=N–C) groups is 1. The van der Waals surface area contributed by atoms with Gasteiger partial charge in [0, 0.05) is 11.6 Å². The van der Waals surface area contributed by atoms with Crippen molar-refractivity contribution in [1.82, 2.24) is 9.96 Å². The Hall–Kier alpha value is -3.72. The Morgan fingerprint density at radius 2 is 1.46 bits per heavy atom. The fourth-order valence-corrected chi connectivity index (χ4v) is 5.08. The normalized spacial score (nSPS) is 17.4. The summed E-state index contributed by atoms with van der Waals surface area (Å²) in [4.78, 5) is 50.6. The number of unbranched alkanes of at least 4 members (excludes halogenated alkanes) is 1. The molecule has 0 N–H and O–H groups in total. The lowest BCUT2D eigenvalue weighted by Gasteiger charge is -2.16. The lowest BCUT2D eigenvalue weighted by molar-refractivity contribution is -0.122. The maximum atomic E-state index is 13.3. The molecule has 1 saturated heterocycles. The van der Waals surface area contributed by atoms with Crippen molar-refractivity contribution >= 4 is 58.0 Å². The van der Waals surface area contributed by atoms with E-state index >= 15 is 0 Å². The number of carbonyl (C=O) groups excluding carboxylic acids is 3. The molecular weight excluding hydrogens is 510 g/mol. The van der Waals surface area contributed by atoms with Gasteiger partial charge in [0.1, 0.15) is 0 Å². The van der Waals surface area contributed by atoms with Crippen molar-refractivity contribution in [3.05, 3.63) is 105 Å². The first-order valence-corrected chi connectivity index (χ1v) is 12.9. The Morgan fingerprint density at radius 1 is 0.811 bits per heavy atom. The number of hydroxylamine groups is 2. The largest absolute Gasteiger partial charge is 0.286 e. The summed E-state index contributed by atoms with van der Waals surface area (Å²) in [7, 11) is 0. The van der Waals surface area contributed by atoms with Crippen LogP contribution in [0.3, 0.4) is 0 Å². The molecule has 3 aromatic carbocycles. The van der Waals surface area contributed by atoms with Gasteiger partial charge in [0.15, 0.2) is 5.17 Å². The van der Waals surface area contributed by atoms with Gasteiger partial charge in [0.25, 0.3) is 17.7 Å². The molecule has 0 spiro atoms. The number of hydrogen-bond acceptors (Lipinski definition) is 6. The van der Waals surface area contributed by atoms with E-state index in [2.05, 4.69) is 4.99 Å². The van der Waals surface area contributed by atoms with Crippen LogP contribution in [0.5, 0.6) is 0 Å². The number of halogens is 1. The van der Waals surface area contributed by atoms with E-state index in [9.17, 15) is 14.4 Å². The standard InChI is InChI=1S/C28H22ClN3O4S/c29-20-12-14-21(15-13-20)30-28-31(27(35)24(37-28)18-19-8-2-1-3-9-19)16-6-7-17-36-32-25(33)22-10-4-5-11-23(22)26(32)34/h1-5,8-15,18H,6-7,16-17H2/b24-18+,30-28?. The average molecular weight is 532 g/mol. The monoisotopic (exact) mass is 531 g/mol. The summed E-state index contributed by atoms with van der Waals surface area (Å²) in [6.45, 7) is 0.576. The van der Waals surface area contributed by atoms with Crippen molar-refractivity contribution < 1.29 is 19.2 Å². The molecule has 0 aliphatic carbocycles. The van der Waals surface area contributed by atoms with Crippen LogP contribution in [0, 0.1) is 0 Å². The maximum Gasteiger partial charge on any atom is 0.285 e. The molecule has 2 heterocycles. The molecular formula is C28H22ClN3O4S. The summed E-state index contributed by atoms with van der Waals surface area (Å²) < 4.78 is 0. The van der Waals surface area contributed by atoms with Crippen LogP contribution in [0.2, 0.25) is 5.02 Å². The van der Waals surface area contributed by atoms with Crippen molar-refractivity contribution in [3.8, 4) is 0 Å². The van der Waals surface area contributed by atoms with Gasteiger partial charge < -0.3 is 0 Å². The van der Waals surface area contributed by atoms with E-state index in [-0.39, 0.29) is 12.5 Å². The smallest absolute Gasteiger partial charge is 0.285 e. The van der Waals surface area contributed by atoms with Crippen molar-refractivity contribution in [2.24, 2.45) is 4.99 Å². The van der Waals surface area contributed by atoms with Gasteiger partial charge in [-0.3, -0.25) is 24.1 Å². The Kier molecular flexibility index (Phi) is 7.50. The van der Waals surface area contributed by atoms with Gasteiger partial charge in [-0.25, -0.2) is 4.99 Å². The Labute approximate surface area is 223 Å². The Morgan fingerprint density at radius 3 is 2.14 bits per heavy atom. The van der Waals surface area contributed by atoms with E-state index in [0.717, 1.165) is 10.6 Å². The second-order valence-corrected chi connectivity index (χ2v) is 9.79. The van der Waals surface area contributed by atoms with E-state index in [0.29, 0.717) is 51.3 Å². The number of rotatable bonds is 8. The van der Waals surface area contributed by atoms with Gasteiger partial charge in [0.2, 0.25) is 0 Å². The van der Waals surface area contributed by atoms with Gasteiger partial charge in [-0.05, 0) is 72.6 Å². The minimum atomic E-state index is -0.459. The number of thioether (sulfide) groups is 1. The molecule has 5 rings (SSSR count). The zero-order chi connectivity index (χ0) is 25.8. The SMILES string of the molecule is O=C1/C(=C\c2ccccc2)SC(=Nc2ccc(Cl)cc2)N1CCCCON1C(=O)c2ccccc2C1=O. The first-order valence-electron chi connectivity index (χ1n) is 11.7. The molecule has 1 fully saturated rings. The zero-order valence-electron chi connectivity index (χ0n) is 19.7. The second kappa shape index (κ2) is 11.1. The maximum absolute atomic E-state index is 13.3. The van der Waals surface area contributed by atoms with Crippen LogP contribution >= 0.6 is 23.4 Å². The first kappa shape index (κ1) is 25.0. The zero-order valence-corrected chi connectivity index (χ0v) is 21.2. The van der Waals surface area contributed by atoms with Crippen molar-refractivity contribution in [3.63, 3.8) is 0 Å². The molecule has 9 heteroatoms. The van der Waals surface area contributed by atoms with Crippen LogP contribution in [0.25, 0.3) is 6.08 Å². The van der Waals surface area contributed by atoms with E-state index < -0.39 is 11.8 Å². The molecule has 0 unspecified atom stereocenters. The molecule has 0 atom stereocenters. The third kappa shape index (κ3) is 5.51. The summed E-state index contributed by atoms with van der Waals surface area (Å²) >= 11 is 7.32. The summed E-state index contributed by atoms with van der Waals surface area (Å²) in [5.74, 6) is -1.04. The molecule has 0 radical (unpaired) electrons. The number of amides is 3. The Bertz CT molecular complexity index is 1370. The van der Waals surface area contributed by atoms with E-state index in [1.54, 1.807) is 53.4 Å². The quantitative estimate of drug-likeness (QED) is 0.204. The van der Waals surface area contributed by atoms with Crippen LogP contribution in [-0.2, 0) is 9.63 Å². The number of hydrogen-bond donors (Lipinski definition) is 0. The third-order valence-electron chi connectivity index (χ3n) is 5.79. The average Bonchev–Trinajstić information content (AvgIpc) is 3.33. The number of fused-ring (bicyclic) bond motifs is 1. The molecule has 7 nitrogen and oxygen atoms in total. The van der Waals surface area contributed by atoms with E-state index in [4.69, 9.17) is 16.4 Å². The number of imide groups is 1. The highest BCUT2D eigenvalue weighted by Crippen LogP contribution is 2.34. The lowest BCUT2D eigenvalue weighted by Crippen LogP contribution is -2.32. The highest BCUT2D eigenvalue weighted by molar-refractivity contribution is 8.18. The van der Waals surface area contributed by atoms with Gasteiger partial charge in [-0.2, -0.15) is 0 Å². The number of amidine groups is 1. The molecule has 0 saturated carbocycles. The fourth-order valence-electron chi connectivity index (χ4n) is 3.93. The molecule has 37 heavy (non-hydrogen) atoms. The first-order chi connectivity index (χ1) is 18.0. The van der Waals surface area contributed by atoms with Gasteiger partial charge in [-0.15, -0.1) is 5.06 Å². The molecule has 2 aliphatic rings. The van der Waals surface area contributed by atoms with Crippen molar-refractivity contribution in [2.75, 3.05) is 13.2 Å². The van der Waals surface area contributed by atoms with E-state index in [1.807, 2.05) is 36.4 Å². The second-order valence-electron chi connectivity index (χ2n) is 8.34. The minimum absolute atomic E-state index is 0.122. The van der Waals surface area contributed by atoms with Crippen LogP contribution in [0.4, 0.5) is 5.69 Å². The summed E-state index contributed by atoms with van der Waals surface area (Å²) in [5, 5.41) is 2.00. The van der Waals surface area contributed by atoms with Crippen LogP contribution < -0.4 is 0 Å². The Balaban J connectivity index is 1.24. The topological polar surface area (TPSA) is 79.3 Å². The molecule has 186 valence electrons. The molecule has 0 aromatic heterocycles. The lowest BCUT2D eigenvalue weighted by atomic mass is 10.1. The number of nitrogens with zero attached hydrogens (tertiary/aromatic N) is 3. The molecule has 0 bridgehead atoms.